The van der Waals surface area contributed by atoms with Gasteiger partial charge in [0.2, 0.25) is 0 Å². The van der Waals surface area contributed by atoms with Gasteiger partial charge in [0.15, 0.2) is 0 Å². The maximum absolute atomic E-state index is 6.01. The summed E-state index contributed by atoms with van der Waals surface area (Å²) < 4.78 is 5.72. The molecule has 0 heterocycles. The zero-order chi connectivity index (χ0) is 11.3. The van der Waals surface area contributed by atoms with Crippen molar-refractivity contribution in [3.05, 3.63) is 42.5 Å². The monoisotopic (exact) mass is 205 g/mol. The van der Waals surface area contributed by atoms with E-state index >= 15 is 0 Å². The minimum atomic E-state index is 0.00945. The molecule has 0 fully saturated rings. The molecule has 0 aliphatic rings. The first kappa shape index (κ1) is 11.8. The van der Waals surface area contributed by atoms with Crippen LogP contribution < -0.4 is 10.5 Å². The van der Waals surface area contributed by atoms with Crippen LogP contribution in [0.15, 0.2) is 36.9 Å². The molecule has 0 amide bonds. The Balaban J connectivity index is 2.90. The van der Waals surface area contributed by atoms with E-state index in [-0.39, 0.29) is 12.1 Å². The maximum atomic E-state index is 6.01. The Morgan fingerprint density at radius 1 is 1.47 bits per heavy atom. The molecule has 15 heavy (non-hydrogen) atoms. The molecule has 1 unspecified atom stereocenters. The SMILES string of the molecule is C=CC(C)Oc1ccccc1[C@@H](N)CC. The van der Waals surface area contributed by atoms with E-state index in [2.05, 4.69) is 13.5 Å². The van der Waals surface area contributed by atoms with E-state index < -0.39 is 0 Å². The minimum absolute atomic E-state index is 0.00945. The summed E-state index contributed by atoms with van der Waals surface area (Å²) in [4.78, 5) is 0. The standard InChI is InChI=1S/C13H19NO/c1-4-10(3)15-13-9-7-6-8-11(13)12(14)5-2/h4,6-10,12H,1,5,14H2,2-3H3/t10?,12-/m0/s1. The van der Waals surface area contributed by atoms with Crippen molar-refractivity contribution in [3.63, 3.8) is 0 Å². The van der Waals surface area contributed by atoms with Crippen LogP contribution in [-0.2, 0) is 0 Å². The summed E-state index contributed by atoms with van der Waals surface area (Å²) in [6, 6.07) is 7.94. The molecule has 0 spiro atoms. The van der Waals surface area contributed by atoms with Crippen LogP contribution in [0.4, 0.5) is 0 Å². The molecule has 1 aromatic carbocycles. The molecule has 2 atom stereocenters. The fourth-order valence-electron chi connectivity index (χ4n) is 1.36. The van der Waals surface area contributed by atoms with Gasteiger partial charge in [-0.05, 0) is 19.4 Å². The lowest BCUT2D eigenvalue weighted by Crippen LogP contribution is -2.14. The van der Waals surface area contributed by atoms with Gasteiger partial charge in [-0.3, -0.25) is 0 Å². The van der Waals surface area contributed by atoms with Crippen LogP contribution in [0.3, 0.4) is 0 Å². The normalized spacial score (nSPS) is 14.3. The van der Waals surface area contributed by atoms with Gasteiger partial charge < -0.3 is 10.5 Å². The molecular formula is C13H19NO. The van der Waals surface area contributed by atoms with Gasteiger partial charge in [-0.2, -0.15) is 0 Å². The van der Waals surface area contributed by atoms with Gasteiger partial charge in [-0.1, -0.05) is 37.8 Å². The number of ether oxygens (including phenoxy) is 1. The van der Waals surface area contributed by atoms with Gasteiger partial charge in [-0.15, -0.1) is 0 Å². The lowest BCUT2D eigenvalue weighted by atomic mass is 10.0. The molecule has 0 aromatic heterocycles. The molecule has 0 saturated carbocycles. The summed E-state index contributed by atoms with van der Waals surface area (Å²) in [5.41, 5.74) is 7.07. The largest absolute Gasteiger partial charge is 0.486 e. The fourth-order valence-corrected chi connectivity index (χ4v) is 1.36. The Bertz CT molecular complexity index is 322. The molecule has 2 nitrogen and oxygen atoms in total. The number of rotatable bonds is 5. The van der Waals surface area contributed by atoms with Gasteiger partial charge in [0.1, 0.15) is 11.9 Å². The highest BCUT2D eigenvalue weighted by molar-refractivity contribution is 5.36. The summed E-state index contributed by atoms with van der Waals surface area (Å²) in [5.74, 6) is 0.860. The van der Waals surface area contributed by atoms with E-state index in [0.717, 1.165) is 17.7 Å². The maximum Gasteiger partial charge on any atom is 0.124 e. The van der Waals surface area contributed by atoms with Crippen LogP contribution in [0.2, 0.25) is 0 Å². The van der Waals surface area contributed by atoms with Crippen molar-refractivity contribution in [2.75, 3.05) is 0 Å². The molecule has 0 bridgehead atoms. The number of hydrogen-bond donors (Lipinski definition) is 1. The van der Waals surface area contributed by atoms with E-state index in [1.165, 1.54) is 0 Å². The average molecular weight is 205 g/mol. The Morgan fingerprint density at radius 3 is 2.73 bits per heavy atom. The summed E-state index contributed by atoms with van der Waals surface area (Å²) >= 11 is 0. The number of para-hydroxylation sites is 1. The zero-order valence-corrected chi connectivity index (χ0v) is 9.44. The third kappa shape index (κ3) is 3.10. The van der Waals surface area contributed by atoms with Crippen molar-refractivity contribution in [2.24, 2.45) is 5.73 Å². The number of nitrogens with two attached hydrogens (primary N) is 1. The van der Waals surface area contributed by atoms with Crippen LogP contribution in [0.25, 0.3) is 0 Å². The molecular weight excluding hydrogens is 186 g/mol. The highest BCUT2D eigenvalue weighted by Gasteiger charge is 2.10. The van der Waals surface area contributed by atoms with Gasteiger partial charge in [0.05, 0.1) is 0 Å². The second-order valence-corrected chi connectivity index (χ2v) is 3.61. The summed E-state index contributed by atoms with van der Waals surface area (Å²) in [6.07, 6.45) is 2.69. The Labute approximate surface area is 91.7 Å². The molecule has 1 rings (SSSR count). The molecule has 0 aliphatic heterocycles. The third-order valence-corrected chi connectivity index (χ3v) is 2.40. The topological polar surface area (TPSA) is 35.2 Å². The van der Waals surface area contributed by atoms with E-state index in [1.807, 2.05) is 31.2 Å². The predicted molar refractivity (Wildman–Crippen MR) is 63.9 cm³/mol. The van der Waals surface area contributed by atoms with Crippen LogP contribution in [0.5, 0.6) is 5.75 Å². The number of hydrogen-bond acceptors (Lipinski definition) is 2. The van der Waals surface area contributed by atoms with Gasteiger partial charge >= 0.3 is 0 Å². The van der Waals surface area contributed by atoms with Crippen molar-refractivity contribution >= 4 is 0 Å². The van der Waals surface area contributed by atoms with Crippen molar-refractivity contribution in [1.29, 1.82) is 0 Å². The molecule has 0 aliphatic carbocycles. The lowest BCUT2D eigenvalue weighted by molar-refractivity contribution is 0.266. The van der Waals surface area contributed by atoms with E-state index in [9.17, 15) is 0 Å². The van der Waals surface area contributed by atoms with Crippen molar-refractivity contribution in [2.45, 2.75) is 32.4 Å². The third-order valence-electron chi connectivity index (χ3n) is 2.40. The van der Waals surface area contributed by atoms with E-state index in [0.29, 0.717) is 0 Å². The molecule has 2 heteroatoms. The smallest absolute Gasteiger partial charge is 0.124 e. The lowest BCUT2D eigenvalue weighted by Gasteiger charge is -2.17. The molecule has 82 valence electrons. The van der Waals surface area contributed by atoms with Gasteiger partial charge in [-0.25, -0.2) is 0 Å². The minimum Gasteiger partial charge on any atom is -0.486 e. The molecule has 1 aromatic rings. The first-order valence-electron chi connectivity index (χ1n) is 5.32. The summed E-state index contributed by atoms with van der Waals surface area (Å²) in [5, 5.41) is 0. The van der Waals surface area contributed by atoms with E-state index in [4.69, 9.17) is 10.5 Å². The molecule has 0 saturated heterocycles. The van der Waals surface area contributed by atoms with Crippen LogP contribution in [0.1, 0.15) is 31.9 Å². The molecule has 0 radical (unpaired) electrons. The highest BCUT2D eigenvalue weighted by Crippen LogP contribution is 2.26. The van der Waals surface area contributed by atoms with Gasteiger partial charge in [0.25, 0.3) is 0 Å². The Hall–Kier alpha value is -1.28. The highest BCUT2D eigenvalue weighted by atomic mass is 16.5. The van der Waals surface area contributed by atoms with Crippen molar-refractivity contribution in [3.8, 4) is 5.75 Å². The van der Waals surface area contributed by atoms with Gasteiger partial charge in [0, 0.05) is 11.6 Å². The fraction of sp³-hybridized carbons (Fsp3) is 0.385. The van der Waals surface area contributed by atoms with Crippen LogP contribution >= 0.6 is 0 Å². The second kappa shape index (κ2) is 5.56. The average Bonchev–Trinajstić information content (AvgIpc) is 2.28. The first-order valence-corrected chi connectivity index (χ1v) is 5.32. The van der Waals surface area contributed by atoms with Crippen LogP contribution in [-0.4, -0.2) is 6.10 Å². The summed E-state index contributed by atoms with van der Waals surface area (Å²) in [7, 11) is 0. The number of benzene rings is 1. The van der Waals surface area contributed by atoms with Crippen molar-refractivity contribution < 1.29 is 4.74 Å². The summed E-state index contributed by atoms with van der Waals surface area (Å²) in [6.45, 7) is 7.72. The Kier molecular flexibility index (Phi) is 4.37. The zero-order valence-electron chi connectivity index (χ0n) is 9.44. The predicted octanol–water partition coefficient (Wildman–Crippen LogP) is 3.05. The van der Waals surface area contributed by atoms with Crippen LogP contribution in [0, 0.1) is 0 Å². The first-order chi connectivity index (χ1) is 7.19. The quantitative estimate of drug-likeness (QED) is 0.750. The van der Waals surface area contributed by atoms with Crippen molar-refractivity contribution in [1.82, 2.24) is 0 Å². The second-order valence-electron chi connectivity index (χ2n) is 3.61. The van der Waals surface area contributed by atoms with E-state index in [1.54, 1.807) is 6.08 Å². The Morgan fingerprint density at radius 2 is 2.13 bits per heavy atom. The molecule has 2 N–H and O–H groups in total.